The molecule has 0 aliphatic heterocycles. The first-order valence-corrected chi connectivity index (χ1v) is 7.01. The van der Waals surface area contributed by atoms with Crippen molar-refractivity contribution in [1.82, 2.24) is 19.1 Å². The van der Waals surface area contributed by atoms with Crippen LogP contribution in [0.15, 0.2) is 9.59 Å². The van der Waals surface area contributed by atoms with Gasteiger partial charge in [0.1, 0.15) is 6.04 Å². The number of aromatic nitrogens is 4. The molecule has 9 nitrogen and oxygen atoms in total. The standard InChI is InChI=1S/C13H19N5O4/c1-4-5-6-7(11(20)21)14-12-15-9-8(17(12)2)10(19)16-13(22)18(9)3/h7H,4-6H2,1-3H3,(H,14,15)(H,20,21)(H,16,19,22)/t7-/m0/s1. The monoisotopic (exact) mass is 309 g/mol. The molecule has 2 rings (SSSR count). The molecular formula is C13H19N5O4. The number of H-pyrrole nitrogens is 1. The molecule has 0 bridgehead atoms. The van der Waals surface area contributed by atoms with Crippen molar-refractivity contribution in [2.24, 2.45) is 14.1 Å². The summed E-state index contributed by atoms with van der Waals surface area (Å²) < 4.78 is 2.67. The van der Waals surface area contributed by atoms with Crippen LogP contribution >= 0.6 is 0 Å². The fourth-order valence-electron chi connectivity index (χ4n) is 2.26. The minimum Gasteiger partial charge on any atom is -0.480 e. The number of rotatable bonds is 6. The van der Waals surface area contributed by atoms with Gasteiger partial charge in [0.25, 0.3) is 5.56 Å². The summed E-state index contributed by atoms with van der Waals surface area (Å²) in [6, 6.07) is -0.799. The fraction of sp³-hybridized carbons (Fsp3) is 0.538. The van der Waals surface area contributed by atoms with E-state index in [0.717, 1.165) is 12.8 Å². The van der Waals surface area contributed by atoms with Crippen molar-refractivity contribution < 1.29 is 9.90 Å². The number of imidazole rings is 1. The number of aliphatic carboxylic acids is 1. The average molecular weight is 309 g/mol. The maximum atomic E-state index is 11.9. The van der Waals surface area contributed by atoms with E-state index in [1.165, 1.54) is 16.2 Å². The molecule has 2 heterocycles. The lowest BCUT2D eigenvalue weighted by Gasteiger charge is -2.14. The number of fused-ring (bicyclic) bond motifs is 1. The van der Waals surface area contributed by atoms with Crippen LogP contribution < -0.4 is 16.6 Å². The molecule has 0 saturated heterocycles. The molecule has 9 heteroatoms. The van der Waals surface area contributed by atoms with E-state index in [0.29, 0.717) is 6.42 Å². The third-order valence-corrected chi connectivity index (χ3v) is 3.58. The molecule has 120 valence electrons. The molecular weight excluding hydrogens is 290 g/mol. The van der Waals surface area contributed by atoms with Crippen molar-refractivity contribution in [2.45, 2.75) is 32.2 Å². The lowest BCUT2D eigenvalue weighted by molar-refractivity contribution is -0.138. The highest BCUT2D eigenvalue weighted by atomic mass is 16.4. The average Bonchev–Trinajstić information content (AvgIpc) is 2.78. The van der Waals surface area contributed by atoms with Gasteiger partial charge in [0.15, 0.2) is 11.2 Å². The Morgan fingerprint density at radius 3 is 2.64 bits per heavy atom. The molecule has 0 spiro atoms. The van der Waals surface area contributed by atoms with Gasteiger partial charge in [-0.3, -0.25) is 14.3 Å². The summed E-state index contributed by atoms with van der Waals surface area (Å²) in [5.41, 5.74) is -0.702. The van der Waals surface area contributed by atoms with E-state index >= 15 is 0 Å². The Balaban J connectivity index is 2.48. The Morgan fingerprint density at radius 2 is 2.05 bits per heavy atom. The summed E-state index contributed by atoms with van der Waals surface area (Å²) in [4.78, 5) is 41.2. The van der Waals surface area contributed by atoms with Crippen molar-refractivity contribution in [3.63, 3.8) is 0 Å². The fourth-order valence-corrected chi connectivity index (χ4v) is 2.26. The molecule has 2 aromatic rings. The van der Waals surface area contributed by atoms with Crippen molar-refractivity contribution in [2.75, 3.05) is 5.32 Å². The molecule has 0 radical (unpaired) electrons. The van der Waals surface area contributed by atoms with Crippen molar-refractivity contribution >= 4 is 23.1 Å². The van der Waals surface area contributed by atoms with Crippen molar-refractivity contribution in [3.05, 3.63) is 20.8 Å². The Labute approximate surface area is 125 Å². The van der Waals surface area contributed by atoms with Gasteiger partial charge in [-0.25, -0.2) is 9.59 Å². The summed E-state index contributed by atoms with van der Waals surface area (Å²) in [5, 5.41) is 12.1. The number of nitrogens with zero attached hydrogens (tertiary/aromatic N) is 3. The molecule has 0 amide bonds. The number of hydrogen-bond donors (Lipinski definition) is 3. The number of carboxylic acids is 1. The smallest absolute Gasteiger partial charge is 0.329 e. The Hall–Kier alpha value is -2.58. The highest BCUT2D eigenvalue weighted by molar-refractivity contribution is 5.79. The number of hydrogen-bond acceptors (Lipinski definition) is 5. The maximum absolute atomic E-state index is 11.9. The third kappa shape index (κ3) is 2.74. The highest BCUT2D eigenvalue weighted by Crippen LogP contribution is 2.15. The summed E-state index contributed by atoms with van der Waals surface area (Å²) in [5.74, 6) is -0.742. The van der Waals surface area contributed by atoms with Gasteiger partial charge in [-0.15, -0.1) is 0 Å². The molecule has 0 unspecified atom stereocenters. The molecule has 0 saturated carbocycles. The summed E-state index contributed by atoms with van der Waals surface area (Å²) in [7, 11) is 3.08. The summed E-state index contributed by atoms with van der Waals surface area (Å²) >= 11 is 0. The van der Waals surface area contributed by atoms with Crippen LogP contribution in [0, 0.1) is 0 Å². The first-order chi connectivity index (χ1) is 10.4. The van der Waals surface area contributed by atoms with Crippen LogP contribution in [0.5, 0.6) is 0 Å². The summed E-state index contributed by atoms with van der Waals surface area (Å²) in [6.07, 6.45) is 2.08. The predicted molar refractivity (Wildman–Crippen MR) is 81.1 cm³/mol. The van der Waals surface area contributed by atoms with Crippen LogP contribution in [0.4, 0.5) is 5.95 Å². The van der Waals surface area contributed by atoms with Gasteiger partial charge in [0, 0.05) is 14.1 Å². The van der Waals surface area contributed by atoms with E-state index in [9.17, 15) is 19.5 Å². The highest BCUT2D eigenvalue weighted by Gasteiger charge is 2.21. The molecule has 0 fully saturated rings. The van der Waals surface area contributed by atoms with E-state index in [-0.39, 0.29) is 17.1 Å². The van der Waals surface area contributed by atoms with Crippen LogP contribution in [0.25, 0.3) is 11.2 Å². The summed E-state index contributed by atoms with van der Waals surface area (Å²) in [6.45, 7) is 1.98. The molecule has 0 aliphatic rings. The van der Waals surface area contributed by atoms with Crippen LogP contribution in [-0.4, -0.2) is 36.2 Å². The number of aryl methyl sites for hydroxylation is 2. The number of nitrogens with one attached hydrogen (secondary N) is 2. The van der Waals surface area contributed by atoms with E-state index < -0.39 is 23.3 Å². The topological polar surface area (TPSA) is 122 Å². The Morgan fingerprint density at radius 1 is 1.36 bits per heavy atom. The first kappa shape index (κ1) is 15.8. The van der Waals surface area contributed by atoms with Crippen LogP contribution in [0.3, 0.4) is 0 Å². The predicted octanol–water partition coefficient (Wildman–Crippen LogP) is 0.0156. The second-order valence-corrected chi connectivity index (χ2v) is 5.16. The van der Waals surface area contributed by atoms with Gasteiger partial charge in [-0.1, -0.05) is 19.8 Å². The van der Waals surface area contributed by atoms with Gasteiger partial charge in [-0.2, -0.15) is 4.98 Å². The van der Waals surface area contributed by atoms with Crippen LogP contribution in [0.1, 0.15) is 26.2 Å². The molecule has 3 N–H and O–H groups in total. The second kappa shape index (κ2) is 6.04. The van der Waals surface area contributed by atoms with Gasteiger partial charge in [0.2, 0.25) is 5.95 Å². The lowest BCUT2D eigenvalue weighted by atomic mass is 10.1. The number of carboxylic acid groups (broad SMARTS) is 1. The maximum Gasteiger partial charge on any atom is 0.329 e. The van der Waals surface area contributed by atoms with Gasteiger partial charge >= 0.3 is 11.7 Å². The SMILES string of the molecule is CCCC[C@H](Nc1nc2c(c(=O)[nH]c(=O)n2C)n1C)C(=O)O. The second-order valence-electron chi connectivity index (χ2n) is 5.16. The number of anilines is 1. The molecule has 22 heavy (non-hydrogen) atoms. The minimum atomic E-state index is -0.983. The third-order valence-electron chi connectivity index (χ3n) is 3.58. The zero-order chi connectivity index (χ0) is 16.4. The minimum absolute atomic E-state index is 0.207. The molecule has 1 atom stereocenters. The van der Waals surface area contributed by atoms with Crippen molar-refractivity contribution in [1.29, 1.82) is 0 Å². The largest absolute Gasteiger partial charge is 0.480 e. The lowest BCUT2D eigenvalue weighted by Crippen LogP contribution is -2.30. The van der Waals surface area contributed by atoms with Crippen molar-refractivity contribution in [3.8, 4) is 0 Å². The van der Waals surface area contributed by atoms with Crippen LogP contribution in [0.2, 0.25) is 0 Å². The van der Waals surface area contributed by atoms with E-state index in [1.54, 1.807) is 7.05 Å². The van der Waals surface area contributed by atoms with E-state index in [2.05, 4.69) is 15.3 Å². The van der Waals surface area contributed by atoms with E-state index in [4.69, 9.17) is 0 Å². The van der Waals surface area contributed by atoms with Crippen LogP contribution in [-0.2, 0) is 18.9 Å². The zero-order valence-electron chi connectivity index (χ0n) is 12.7. The van der Waals surface area contributed by atoms with Gasteiger partial charge in [0.05, 0.1) is 0 Å². The molecule has 0 aliphatic carbocycles. The normalized spacial score (nSPS) is 12.5. The zero-order valence-corrected chi connectivity index (χ0v) is 12.7. The Kier molecular flexibility index (Phi) is 4.34. The first-order valence-electron chi connectivity index (χ1n) is 7.01. The quantitative estimate of drug-likeness (QED) is 0.691. The van der Waals surface area contributed by atoms with Gasteiger partial charge < -0.3 is 15.0 Å². The van der Waals surface area contributed by atoms with E-state index in [1.807, 2.05) is 6.92 Å². The number of aromatic amines is 1. The number of unbranched alkanes of at least 4 members (excludes halogenated alkanes) is 1. The number of carbonyl (C=O) groups is 1. The van der Waals surface area contributed by atoms with Gasteiger partial charge in [-0.05, 0) is 6.42 Å². The molecule has 2 aromatic heterocycles. The Bertz CT molecular complexity index is 816. The molecule has 0 aromatic carbocycles.